The van der Waals surface area contributed by atoms with Crippen molar-refractivity contribution in [2.24, 2.45) is 0 Å². The minimum Gasteiger partial charge on any atom is -0.493 e. The molecule has 12 heteroatoms. The molecule has 40 heavy (non-hydrogen) atoms. The first-order valence-electron chi connectivity index (χ1n) is 12.5. The highest BCUT2D eigenvalue weighted by atomic mass is 35.5. The lowest BCUT2D eigenvalue weighted by atomic mass is 10.0. The summed E-state index contributed by atoms with van der Waals surface area (Å²) in [6.45, 7) is 0.328. The first-order valence-corrected chi connectivity index (χ1v) is 12.9. The molecule has 4 rings (SSSR count). The topological polar surface area (TPSA) is 119 Å². The summed E-state index contributed by atoms with van der Waals surface area (Å²) in [5, 5.41) is 5.12. The zero-order valence-electron chi connectivity index (χ0n) is 21.9. The van der Waals surface area contributed by atoms with Crippen LogP contribution in [0.5, 0.6) is 11.5 Å². The molecule has 0 saturated carbocycles. The van der Waals surface area contributed by atoms with E-state index in [0.29, 0.717) is 23.7 Å². The molecule has 0 spiro atoms. The van der Waals surface area contributed by atoms with Gasteiger partial charge in [-0.2, -0.15) is 0 Å². The molecule has 10 nitrogen and oxygen atoms in total. The smallest absolute Gasteiger partial charge is 0.287 e. The fraction of sp³-hybridized carbons (Fsp3) is 0.321. The van der Waals surface area contributed by atoms with Crippen molar-refractivity contribution in [3.8, 4) is 11.5 Å². The van der Waals surface area contributed by atoms with E-state index < -0.39 is 36.1 Å². The number of benzene rings is 2. The number of methoxy groups -OCH3 is 2. The van der Waals surface area contributed by atoms with Gasteiger partial charge in [-0.3, -0.25) is 19.3 Å². The van der Waals surface area contributed by atoms with Gasteiger partial charge in [0.15, 0.2) is 17.3 Å². The monoisotopic (exact) mass is 573 g/mol. The van der Waals surface area contributed by atoms with Crippen LogP contribution in [-0.2, 0) is 14.3 Å². The van der Waals surface area contributed by atoms with Gasteiger partial charge in [-0.25, -0.2) is 4.39 Å². The van der Waals surface area contributed by atoms with Gasteiger partial charge in [-0.05, 0) is 60.9 Å². The maximum Gasteiger partial charge on any atom is 0.287 e. The van der Waals surface area contributed by atoms with Crippen molar-refractivity contribution >= 4 is 35.0 Å². The summed E-state index contributed by atoms with van der Waals surface area (Å²) >= 11 is 6.07. The first kappa shape index (κ1) is 28.9. The van der Waals surface area contributed by atoms with Gasteiger partial charge < -0.3 is 29.3 Å². The summed E-state index contributed by atoms with van der Waals surface area (Å²) in [5.74, 6) is -1.78. The molecule has 2 atom stereocenters. The minimum absolute atomic E-state index is 0.00919. The summed E-state index contributed by atoms with van der Waals surface area (Å²) in [6, 6.07) is 10.2. The van der Waals surface area contributed by atoms with E-state index in [-0.39, 0.29) is 29.1 Å². The second-order valence-corrected chi connectivity index (χ2v) is 9.33. The number of ether oxygens (including phenoxy) is 3. The SMILES string of the molecule is COc1ccc([C@H](C(=O)NC[C@@H]2CCCO2)N(C(=O)CNC(=O)c2ccco2)c2ccc(F)c(Cl)c2)cc1OC. The average Bonchev–Trinajstić information content (AvgIpc) is 3.69. The number of amides is 3. The minimum atomic E-state index is -1.27. The Morgan fingerprint density at radius 3 is 2.55 bits per heavy atom. The quantitative estimate of drug-likeness (QED) is 0.357. The fourth-order valence-corrected chi connectivity index (χ4v) is 4.54. The van der Waals surface area contributed by atoms with Crippen LogP contribution < -0.4 is 25.0 Å². The standard InChI is InChI=1S/C28H29ClFN3O7/c1-37-22-10-7-17(13-24(22)38-2)26(28(36)31-15-19-5-3-11-39-19)33(18-8-9-21(30)20(29)14-18)25(34)16-32-27(35)23-6-4-12-40-23/h4,6-10,12-14,19,26H,3,5,11,15-16H2,1-2H3,(H,31,36)(H,32,35)/t19-,26+/m0/s1. The number of rotatable bonds is 11. The van der Waals surface area contributed by atoms with Crippen LogP contribution in [0, 0.1) is 5.82 Å². The molecule has 1 aliphatic rings. The van der Waals surface area contributed by atoms with Crippen molar-refractivity contribution in [1.82, 2.24) is 10.6 Å². The number of nitrogens with one attached hydrogen (secondary N) is 2. The number of furan rings is 1. The largest absolute Gasteiger partial charge is 0.493 e. The van der Waals surface area contributed by atoms with E-state index in [9.17, 15) is 18.8 Å². The fourth-order valence-electron chi connectivity index (χ4n) is 4.36. The summed E-state index contributed by atoms with van der Waals surface area (Å²) in [7, 11) is 2.92. The van der Waals surface area contributed by atoms with Crippen molar-refractivity contribution in [2.75, 3.05) is 38.8 Å². The van der Waals surface area contributed by atoms with Crippen LogP contribution in [0.4, 0.5) is 10.1 Å². The normalized spacial score (nSPS) is 15.2. The van der Waals surface area contributed by atoms with Crippen molar-refractivity contribution in [1.29, 1.82) is 0 Å². The van der Waals surface area contributed by atoms with E-state index in [2.05, 4.69) is 10.6 Å². The lowest BCUT2D eigenvalue weighted by molar-refractivity contribution is -0.126. The van der Waals surface area contributed by atoms with Gasteiger partial charge in [0.1, 0.15) is 11.9 Å². The Kier molecular flexibility index (Phi) is 9.62. The van der Waals surface area contributed by atoms with Crippen LogP contribution in [0.25, 0.3) is 0 Å². The third kappa shape index (κ3) is 6.72. The van der Waals surface area contributed by atoms with Crippen LogP contribution in [0.1, 0.15) is 35.0 Å². The van der Waals surface area contributed by atoms with Crippen molar-refractivity contribution in [2.45, 2.75) is 25.0 Å². The van der Waals surface area contributed by atoms with E-state index in [1.807, 2.05) is 0 Å². The average molecular weight is 574 g/mol. The number of hydrogen-bond acceptors (Lipinski definition) is 7. The maximum absolute atomic E-state index is 14.1. The van der Waals surface area contributed by atoms with Gasteiger partial charge in [0.25, 0.3) is 5.91 Å². The molecule has 212 valence electrons. The first-order chi connectivity index (χ1) is 19.3. The highest BCUT2D eigenvalue weighted by molar-refractivity contribution is 6.31. The second kappa shape index (κ2) is 13.3. The molecule has 3 amide bonds. The van der Waals surface area contributed by atoms with Crippen LogP contribution >= 0.6 is 11.6 Å². The van der Waals surface area contributed by atoms with Crippen LogP contribution in [0.2, 0.25) is 5.02 Å². The molecule has 1 aromatic heterocycles. The molecular formula is C28H29ClFN3O7. The van der Waals surface area contributed by atoms with Crippen LogP contribution in [-0.4, -0.2) is 57.7 Å². The van der Waals surface area contributed by atoms with Gasteiger partial charge in [-0.1, -0.05) is 17.7 Å². The highest BCUT2D eigenvalue weighted by Gasteiger charge is 2.34. The molecular weight excluding hydrogens is 545 g/mol. The van der Waals surface area contributed by atoms with Crippen LogP contribution in [0.15, 0.2) is 59.2 Å². The summed E-state index contributed by atoms with van der Waals surface area (Å²) < 4.78 is 35.6. The third-order valence-corrected chi connectivity index (χ3v) is 6.64. The molecule has 1 fully saturated rings. The Morgan fingerprint density at radius 1 is 1.10 bits per heavy atom. The molecule has 0 radical (unpaired) electrons. The predicted octanol–water partition coefficient (Wildman–Crippen LogP) is 3.89. The predicted molar refractivity (Wildman–Crippen MR) is 144 cm³/mol. The van der Waals surface area contributed by atoms with Gasteiger partial charge in [0.2, 0.25) is 11.8 Å². The van der Waals surface area contributed by atoms with Crippen molar-refractivity contribution < 1.29 is 37.4 Å². The molecule has 2 heterocycles. The van der Waals surface area contributed by atoms with Crippen molar-refractivity contribution in [3.63, 3.8) is 0 Å². The van der Waals surface area contributed by atoms with Gasteiger partial charge in [-0.15, -0.1) is 0 Å². The Hall–Kier alpha value is -4.09. The molecule has 2 aromatic carbocycles. The number of carbonyl (C=O) groups is 3. The molecule has 3 aromatic rings. The molecule has 1 saturated heterocycles. The van der Waals surface area contributed by atoms with Gasteiger partial charge in [0, 0.05) is 18.8 Å². The number of nitrogens with zero attached hydrogens (tertiary/aromatic N) is 1. The molecule has 0 unspecified atom stereocenters. The third-order valence-electron chi connectivity index (χ3n) is 6.35. The zero-order valence-corrected chi connectivity index (χ0v) is 22.7. The second-order valence-electron chi connectivity index (χ2n) is 8.92. The lowest BCUT2D eigenvalue weighted by Gasteiger charge is -2.32. The Balaban J connectivity index is 1.73. The zero-order chi connectivity index (χ0) is 28.6. The van der Waals surface area contributed by atoms with Gasteiger partial charge >= 0.3 is 0 Å². The van der Waals surface area contributed by atoms with Crippen LogP contribution in [0.3, 0.4) is 0 Å². The van der Waals surface area contributed by atoms with E-state index >= 15 is 0 Å². The Labute approximate surface area is 235 Å². The maximum atomic E-state index is 14.1. The molecule has 1 aliphatic heterocycles. The Bertz CT molecular complexity index is 1350. The number of carbonyl (C=O) groups excluding carboxylic acids is 3. The van der Waals surface area contributed by atoms with E-state index in [1.54, 1.807) is 18.2 Å². The number of anilines is 1. The van der Waals surface area contributed by atoms with E-state index in [0.717, 1.165) is 23.8 Å². The Morgan fingerprint density at radius 2 is 1.90 bits per heavy atom. The van der Waals surface area contributed by atoms with E-state index in [1.165, 1.54) is 44.7 Å². The summed E-state index contributed by atoms with van der Waals surface area (Å²) in [5.41, 5.74) is 0.504. The van der Waals surface area contributed by atoms with Crippen molar-refractivity contribution in [3.05, 3.63) is 77.0 Å². The number of hydrogen-bond donors (Lipinski definition) is 2. The molecule has 0 aliphatic carbocycles. The molecule has 0 bridgehead atoms. The lowest BCUT2D eigenvalue weighted by Crippen LogP contribution is -2.48. The van der Waals surface area contributed by atoms with Gasteiger partial charge in [0.05, 0.1) is 38.2 Å². The van der Waals surface area contributed by atoms with E-state index in [4.69, 9.17) is 30.2 Å². The highest BCUT2D eigenvalue weighted by Crippen LogP contribution is 2.35. The molecule has 2 N–H and O–H groups in total. The number of halogens is 2. The summed E-state index contributed by atoms with van der Waals surface area (Å²) in [4.78, 5) is 41.2. The summed E-state index contributed by atoms with van der Waals surface area (Å²) in [6.07, 6.45) is 2.84.